The van der Waals surface area contributed by atoms with Gasteiger partial charge in [-0.3, -0.25) is 9.59 Å². The van der Waals surface area contributed by atoms with E-state index in [9.17, 15) is 9.59 Å². The minimum atomic E-state index is -0.985. The van der Waals surface area contributed by atoms with Gasteiger partial charge in [-0.25, -0.2) is 0 Å². The van der Waals surface area contributed by atoms with E-state index in [0.29, 0.717) is 12.0 Å². The molecule has 0 aliphatic heterocycles. The quantitative estimate of drug-likeness (QED) is 0.702. The smallest absolute Gasteiger partial charge is 0.310 e. The van der Waals surface area contributed by atoms with Crippen LogP contribution in [0.3, 0.4) is 0 Å². The average Bonchev–Trinajstić information content (AvgIpc) is 2.25. The molecule has 0 aliphatic rings. The van der Waals surface area contributed by atoms with Gasteiger partial charge in [-0.15, -0.1) is 0 Å². The first-order valence-corrected chi connectivity index (χ1v) is 5.24. The number of hydrogen-bond acceptors (Lipinski definition) is 3. The summed E-state index contributed by atoms with van der Waals surface area (Å²) in [5.74, 6) is -2.57. The van der Waals surface area contributed by atoms with Gasteiger partial charge in [0, 0.05) is 6.42 Å². The van der Waals surface area contributed by atoms with E-state index in [1.54, 1.807) is 0 Å². The van der Waals surface area contributed by atoms with Crippen molar-refractivity contribution in [2.24, 2.45) is 0 Å². The van der Waals surface area contributed by atoms with Gasteiger partial charge in [0.15, 0.2) is 0 Å². The van der Waals surface area contributed by atoms with Crippen LogP contribution in [0.2, 0.25) is 0 Å². The van der Waals surface area contributed by atoms with Gasteiger partial charge in [-0.05, 0) is 30.5 Å². The minimum absolute atomic E-state index is 0.0398. The number of carbonyl (C=O) groups is 2. The van der Waals surface area contributed by atoms with Gasteiger partial charge >= 0.3 is 11.9 Å². The van der Waals surface area contributed by atoms with E-state index in [1.165, 1.54) is 24.3 Å². The predicted octanol–water partition coefficient (Wildman–Crippen LogP) is 1.82. The molecule has 0 saturated carbocycles. The third-order valence-electron chi connectivity index (χ3n) is 2.48. The molecule has 92 valence electrons. The van der Waals surface area contributed by atoms with Crippen LogP contribution in [-0.4, -0.2) is 27.3 Å². The first kappa shape index (κ1) is 13.0. The lowest BCUT2D eigenvalue weighted by molar-refractivity contribution is -0.140. The van der Waals surface area contributed by atoms with Crippen LogP contribution in [0.5, 0.6) is 5.75 Å². The van der Waals surface area contributed by atoms with Crippen LogP contribution >= 0.6 is 0 Å². The van der Waals surface area contributed by atoms with E-state index in [4.69, 9.17) is 15.3 Å². The van der Waals surface area contributed by atoms with Crippen molar-refractivity contribution < 1.29 is 24.9 Å². The van der Waals surface area contributed by atoms with Crippen LogP contribution in [0.4, 0.5) is 0 Å². The lowest BCUT2D eigenvalue weighted by atomic mass is 9.93. The Labute approximate surface area is 98.3 Å². The molecule has 0 spiro atoms. The molecule has 0 heterocycles. The van der Waals surface area contributed by atoms with Crippen molar-refractivity contribution >= 4 is 11.9 Å². The molecule has 1 unspecified atom stereocenters. The van der Waals surface area contributed by atoms with Crippen LogP contribution in [0.1, 0.15) is 30.7 Å². The Hall–Kier alpha value is -2.04. The summed E-state index contributed by atoms with van der Waals surface area (Å²) in [7, 11) is 0. The number of aromatic hydroxyl groups is 1. The number of phenolic OH excluding ortho intramolecular Hbond substituents is 1. The monoisotopic (exact) mass is 238 g/mol. The van der Waals surface area contributed by atoms with Gasteiger partial charge in [0.05, 0.1) is 5.92 Å². The highest BCUT2D eigenvalue weighted by molar-refractivity contribution is 5.76. The lowest BCUT2D eigenvalue weighted by Crippen LogP contribution is -2.12. The first-order valence-electron chi connectivity index (χ1n) is 5.24. The molecule has 3 N–H and O–H groups in total. The van der Waals surface area contributed by atoms with Crippen LogP contribution in [-0.2, 0) is 9.59 Å². The zero-order valence-electron chi connectivity index (χ0n) is 9.17. The molecule has 1 atom stereocenters. The largest absolute Gasteiger partial charge is 0.508 e. The third-order valence-corrected chi connectivity index (χ3v) is 2.48. The van der Waals surface area contributed by atoms with Crippen molar-refractivity contribution in [3.05, 3.63) is 29.8 Å². The molecule has 0 saturated heterocycles. The second kappa shape index (κ2) is 5.89. The molecule has 1 aromatic carbocycles. The Bertz CT molecular complexity index is 396. The van der Waals surface area contributed by atoms with Gasteiger partial charge in [0.25, 0.3) is 0 Å². The molecule has 0 aliphatic carbocycles. The maximum Gasteiger partial charge on any atom is 0.310 e. The fourth-order valence-electron chi connectivity index (χ4n) is 1.60. The maximum absolute atomic E-state index is 11.1. The molecular formula is C12H14O5. The van der Waals surface area contributed by atoms with Crippen molar-refractivity contribution in [1.29, 1.82) is 0 Å². The topological polar surface area (TPSA) is 94.8 Å². The Morgan fingerprint density at radius 3 is 2.18 bits per heavy atom. The van der Waals surface area contributed by atoms with Gasteiger partial charge in [0.1, 0.15) is 5.75 Å². The SMILES string of the molecule is O=C(O)CCCC(C(=O)O)c1ccc(O)cc1. The van der Waals surface area contributed by atoms with Crippen molar-refractivity contribution in [1.82, 2.24) is 0 Å². The summed E-state index contributed by atoms with van der Waals surface area (Å²) in [6.07, 6.45) is 0.543. The molecule has 0 bridgehead atoms. The number of carboxylic acids is 2. The third kappa shape index (κ3) is 4.14. The lowest BCUT2D eigenvalue weighted by Gasteiger charge is -2.11. The Balaban J connectivity index is 2.69. The Kier molecular flexibility index (Phi) is 4.51. The minimum Gasteiger partial charge on any atom is -0.508 e. The van der Waals surface area contributed by atoms with Crippen LogP contribution in [0.25, 0.3) is 0 Å². The summed E-state index contributed by atoms with van der Waals surface area (Å²) in [4.78, 5) is 21.4. The number of benzene rings is 1. The van der Waals surface area contributed by atoms with Crippen LogP contribution in [0, 0.1) is 0 Å². The van der Waals surface area contributed by atoms with E-state index in [1.807, 2.05) is 0 Å². The van der Waals surface area contributed by atoms with Crippen molar-refractivity contribution in [2.75, 3.05) is 0 Å². The standard InChI is InChI=1S/C12H14O5/c13-9-6-4-8(5-7-9)10(12(16)17)2-1-3-11(14)15/h4-7,10,13H,1-3H2,(H,14,15)(H,16,17). The maximum atomic E-state index is 11.1. The second-order valence-electron chi connectivity index (χ2n) is 3.77. The number of rotatable bonds is 6. The predicted molar refractivity (Wildman–Crippen MR) is 60.0 cm³/mol. The molecule has 0 amide bonds. The van der Waals surface area contributed by atoms with Crippen molar-refractivity contribution in [3.8, 4) is 5.75 Å². The zero-order valence-corrected chi connectivity index (χ0v) is 9.17. The van der Waals surface area contributed by atoms with Crippen LogP contribution in [0.15, 0.2) is 24.3 Å². The highest BCUT2D eigenvalue weighted by atomic mass is 16.4. The Morgan fingerprint density at radius 1 is 1.12 bits per heavy atom. The zero-order chi connectivity index (χ0) is 12.8. The summed E-state index contributed by atoms with van der Waals surface area (Å²) < 4.78 is 0. The fraction of sp³-hybridized carbons (Fsp3) is 0.333. The average molecular weight is 238 g/mol. The van der Waals surface area contributed by atoms with Crippen molar-refractivity contribution in [2.45, 2.75) is 25.2 Å². The summed E-state index contributed by atoms with van der Waals surface area (Å²) in [5.41, 5.74) is 0.570. The number of phenols is 1. The molecule has 5 nitrogen and oxygen atoms in total. The van der Waals surface area contributed by atoms with Gasteiger partial charge in [-0.1, -0.05) is 12.1 Å². The van der Waals surface area contributed by atoms with E-state index in [2.05, 4.69) is 0 Å². The summed E-state index contributed by atoms with van der Waals surface area (Å²) in [5, 5.41) is 26.6. The molecule has 0 radical (unpaired) electrons. The van der Waals surface area contributed by atoms with Gasteiger partial charge in [0.2, 0.25) is 0 Å². The van der Waals surface area contributed by atoms with Crippen LogP contribution < -0.4 is 0 Å². The van der Waals surface area contributed by atoms with Gasteiger partial charge < -0.3 is 15.3 Å². The molecule has 1 rings (SSSR count). The number of aliphatic carboxylic acids is 2. The fourth-order valence-corrected chi connectivity index (χ4v) is 1.60. The van der Waals surface area contributed by atoms with E-state index in [0.717, 1.165) is 0 Å². The van der Waals surface area contributed by atoms with E-state index < -0.39 is 17.9 Å². The highest BCUT2D eigenvalue weighted by Gasteiger charge is 2.19. The van der Waals surface area contributed by atoms with Gasteiger partial charge in [-0.2, -0.15) is 0 Å². The molecule has 0 fully saturated rings. The first-order chi connectivity index (χ1) is 8.00. The number of hydrogen-bond donors (Lipinski definition) is 3. The van der Waals surface area contributed by atoms with Crippen molar-refractivity contribution in [3.63, 3.8) is 0 Å². The summed E-state index contributed by atoms with van der Waals surface area (Å²) >= 11 is 0. The Morgan fingerprint density at radius 2 is 1.71 bits per heavy atom. The summed E-state index contributed by atoms with van der Waals surface area (Å²) in [6.45, 7) is 0. The second-order valence-corrected chi connectivity index (χ2v) is 3.77. The molecular weight excluding hydrogens is 224 g/mol. The molecule has 1 aromatic rings. The summed E-state index contributed by atoms with van der Waals surface area (Å²) in [6, 6.07) is 5.91. The molecule has 0 aromatic heterocycles. The van der Waals surface area contributed by atoms with E-state index in [-0.39, 0.29) is 18.6 Å². The highest BCUT2D eigenvalue weighted by Crippen LogP contribution is 2.24. The van der Waals surface area contributed by atoms with E-state index >= 15 is 0 Å². The molecule has 5 heteroatoms. The normalized spacial score (nSPS) is 12.0. The molecule has 17 heavy (non-hydrogen) atoms. The number of carboxylic acid groups (broad SMARTS) is 2.